The molecule has 0 unspecified atom stereocenters. The highest BCUT2D eigenvalue weighted by atomic mass is 32.1. The summed E-state index contributed by atoms with van der Waals surface area (Å²) in [6.07, 6.45) is 2.33. The quantitative estimate of drug-likeness (QED) is 0.161. The van der Waals surface area contributed by atoms with Crippen LogP contribution in [0.2, 0.25) is 0 Å². The fourth-order valence-electron chi connectivity index (χ4n) is 14.7. The van der Waals surface area contributed by atoms with Crippen molar-refractivity contribution in [2.75, 3.05) is 15.1 Å². The molecule has 4 nitrogen and oxygen atoms in total. The number of anilines is 8. The third kappa shape index (κ3) is 9.85. The van der Waals surface area contributed by atoms with Gasteiger partial charge in [0.25, 0.3) is 0 Å². The van der Waals surface area contributed by atoms with Crippen LogP contribution in [0.15, 0.2) is 174 Å². The van der Waals surface area contributed by atoms with E-state index in [9.17, 15) is 0 Å². The molecule has 89 heavy (non-hydrogen) atoms. The summed E-state index contributed by atoms with van der Waals surface area (Å²) in [7, 11) is 2.52. The molecule has 0 saturated carbocycles. The SMILES string of the molecule is CC(C)(C)c1ccc(Nc2cc3c(cc2-c2c4c(cc5c2oc2ccccc25)N(c2ccc(C(C)(C)C)cc2)c2c(sc5cc6c(cc25)C(C)(C)CCC6(C)C)[B]4)-c2ccc(N(c4ccc(C(C)(C)C)cc4)c4ccc(C(C)(C)C)cc4)cc2C3(C)C)cc1. The first-order chi connectivity index (χ1) is 41.8. The molecule has 1 aliphatic heterocycles. The Balaban J connectivity index is 1.03. The lowest BCUT2D eigenvalue weighted by molar-refractivity contribution is 0.332. The van der Waals surface area contributed by atoms with Gasteiger partial charge in [0.05, 0.1) is 5.69 Å². The van der Waals surface area contributed by atoms with Crippen LogP contribution >= 0.6 is 11.3 Å². The Morgan fingerprint density at radius 3 is 1.57 bits per heavy atom. The van der Waals surface area contributed by atoms with Crippen molar-refractivity contribution in [3.05, 3.63) is 214 Å². The van der Waals surface area contributed by atoms with E-state index >= 15 is 0 Å². The lowest BCUT2D eigenvalue weighted by atomic mass is 9.61. The monoisotopic (exact) mass is 1180 g/mol. The third-order valence-electron chi connectivity index (χ3n) is 20.4. The first-order valence-electron chi connectivity index (χ1n) is 32.4. The highest BCUT2D eigenvalue weighted by Gasteiger charge is 2.42. The molecule has 0 spiro atoms. The molecule has 3 heterocycles. The molecule has 11 aromatic rings. The summed E-state index contributed by atoms with van der Waals surface area (Å²) < 4.78 is 9.93. The van der Waals surface area contributed by atoms with Gasteiger partial charge in [-0.3, -0.25) is 0 Å². The second-order valence-corrected chi connectivity index (χ2v) is 33.2. The Morgan fingerprint density at radius 2 is 1.00 bits per heavy atom. The van der Waals surface area contributed by atoms with Crippen molar-refractivity contribution in [3.63, 3.8) is 0 Å². The van der Waals surface area contributed by atoms with Crippen molar-refractivity contribution in [1.82, 2.24) is 0 Å². The lowest BCUT2D eigenvalue weighted by Crippen LogP contribution is -2.39. The average molecular weight is 1190 g/mol. The summed E-state index contributed by atoms with van der Waals surface area (Å²) in [5.74, 6) is 0. The molecule has 1 N–H and O–H groups in total. The Labute approximate surface area is 534 Å². The molecular weight excluding hydrogens is 1100 g/mol. The predicted molar refractivity (Wildman–Crippen MR) is 386 cm³/mol. The number of furan rings is 1. The van der Waals surface area contributed by atoms with Gasteiger partial charge >= 0.3 is 0 Å². The van der Waals surface area contributed by atoms with E-state index in [1.54, 1.807) is 0 Å². The number of fused-ring (bicyclic) bond motifs is 11. The summed E-state index contributed by atoms with van der Waals surface area (Å²) in [6, 6.07) is 65.4. The zero-order valence-corrected chi connectivity index (χ0v) is 56.7. The second kappa shape index (κ2) is 20.1. The maximum atomic E-state index is 7.36. The van der Waals surface area contributed by atoms with Crippen LogP contribution in [0.4, 0.5) is 45.5 Å². The standard InChI is InChI=1S/C83H87BN3OS/c1-77(2,3)49-23-31-53(32-24-49)85-68-47-65-60(58-40-39-57(43-64(58)83(65,17)18)86(54-33-25-50(26-34-54)78(4,5)6)55-35-27-51(28-36-55)79(7,8)9)44-62(68)72-73-69(46-61-59-21-19-20-22-70(59)88-75(61)72)87(56-37-29-52(30-38-56)80(10,11)12)74-63-45-66-67(48-71(63)89-76(74)84-73)82(15,16)42-41-81(66,13)14/h19-40,43-48,85H,41-42H2,1-18H3. The summed E-state index contributed by atoms with van der Waals surface area (Å²) >= 11 is 1.93. The molecule has 2 aliphatic carbocycles. The van der Waals surface area contributed by atoms with E-state index in [4.69, 9.17) is 4.42 Å². The summed E-state index contributed by atoms with van der Waals surface area (Å²) in [5.41, 5.74) is 27.2. The normalized spacial score (nSPS) is 15.8. The molecule has 2 aromatic heterocycles. The first kappa shape index (κ1) is 58.9. The van der Waals surface area contributed by atoms with Crippen LogP contribution in [0.25, 0.3) is 54.3 Å². The topological polar surface area (TPSA) is 31.7 Å². The molecule has 9 aromatic carbocycles. The van der Waals surface area contributed by atoms with E-state index in [0.29, 0.717) is 0 Å². The summed E-state index contributed by atoms with van der Waals surface area (Å²) in [4.78, 5) is 5.06. The predicted octanol–water partition coefficient (Wildman–Crippen LogP) is 23.0. The van der Waals surface area contributed by atoms with E-state index in [-0.39, 0.29) is 37.9 Å². The number of hydrogen-bond acceptors (Lipinski definition) is 5. The minimum absolute atomic E-state index is 0.00620. The van der Waals surface area contributed by atoms with Crippen LogP contribution in [0, 0.1) is 0 Å². The van der Waals surface area contributed by atoms with E-state index < -0.39 is 0 Å². The first-order valence-corrected chi connectivity index (χ1v) is 33.2. The summed E-state index contributed by atoms with van der Waals surface area (Å²) in [5, 5.41) is 7.64. The Kier molecular flexibility index (Phi) is 13.3. The zero-order valence-electron chi connectivity index (χ0n) is 55.9. The van der Waals surface area contributed by atoms with Crippen LogP contribution < -0.4 is 25.4 Å². The molecule has 449 valence electrons. The largest absolute Gasteiger partial charge is 0.455 e. The molecule has 0 saturated heterocycles. The van der Waals surface area contributed by atoms with Gasteiger partial charge in [0, 0.05) is 77.2 Å². The molecule has 6 heteroatoms. The number of nitrogens with zero attached hydrogens (tertiary/aromatic N) is 2. The van der Waals surface area contributed by atoms with Gasteiger partial charge in [-0.05, 0) is 208 Å². The van der Waals surface area contributed by atoms with Crippen molar-refractivity contribution in [2.24, 2.45) is 0 Å². The van der Waals surface area contributed by atoms with E-state index in [0.717, 1.165) is 84.8 Å². The highest BCUT2D eigenvalue weighted by molar-refractivity contribution is 7.29. The number of nitrogens with one attached hydrogen (secondary N) is 1. The molecular formula is C83H87BN3OS. The van der Waals surface area contributed by atoms with Gasteiger partial charge < -0.3 is 19.5 Å². The number of benzene rings is 9. The molecule has 0 fully saturated rings. The van der Waals surface area contributed by atoms with Crippen LogP contribution in [-0.2, 0) is 37.9 Å². The lowest BCUT2D eigenvalue weighted by Gasteiger charge is -2.42. The highest BCUT2D eigenvalue weighted by Crippen LogP contribution is 2.56. The van der Waals surface area contributed by atoms with Gasteiger partial charge in [-0.1, -0.05) is 197 Å². The molecule has 0 atom stereocenters. The third-order valence-corrected chi connectivity index (χ3v) is 21.5. The molecule has 1 radical (unpaired) electrons. The van der Waals surface area contributed by atoms with E-state index in [1.165, 1.54) is 82.6 Å². The van der Waals surface area contributed by atoms with E-state index in [1.807, 2.05) is 11.3 Å². The van der Waals surface area contributed by atoms with Gasteiger partial charge in [-0.2, -0.15) is 0 Å². The average Bonchev–Trinajstić information content (AvgIpc) is 1.61. The van der Waals surface area contributed by atoms with Crippen LogP contribution in [0.1, 0.15) is 182 Å². The van der Waals surface area contributed by atoms with Gasteiger partial charge in [0.15, 0.2) is 0 Å². The van der Waals surface area contributed by atoms with Crippen molar-refractivity contribution in [3.8, 4) is 22.3 Å². The number of rotatable bonds is 7. The Hall–Kier alpha value is -7.80. The number of para-hydroxylation sites is 1. The van der Waals surface area contributed by atoms with Crippen molar-refractivity contribution >= 4 is 106 Å². The van der Waals surface area contributed by atoms with Crippen LogP contribution in [0.3, 0.4) is 0 Å². The number of hydrogen-bond donors (Lipinski definition) is 1. The molecule has 0 amide bonds. The zero-order chi connectivity index (χ0) is 62.9. The minimum atomic E-state index is -0.370. The molecule has 14 rings (SSSR count). The minimum Gasteiger partial charge on any atom is -0.455 e. The summed E-state index contributed by atoms with van der Waals surface area (Å²) in [6.45, 7) is 42.2. The van der Waals surface area contributed by atoms with Crippen LogP contribution in [-0.4, -0.2) is 7.28 Å². The van der Waals surface area contributed by atoms with Crippen molar-refractivity contribution < 1.29 is 4.42 Å². The van der Waals surface area contributed by atoms with Gasteiger partial charge in [-0.25, -0.2) is 0 Å². The molecule has 3 aliphatic rings. The Morgan fingerprint density at radius 1 is 0.483 bits per heavy atom. The Bertz CT molecular complexity index is 4580. The van der Waals surface area contributed by atoms with E-state index in [2.05, 4.69) is 317 Å². The van der Waals surface area contributed by atoms with Crippen molar-refractivity contribution in [1.29, 1.82) is 0 Å². The van der Waals surface area contributed by atoms with Gasteiger partial charge in [-0.15, -0.1) is 11.3 Å². The van der Waals surface area contributed by atoms with Gasteiger partial charge in [0.1, 0.15) is 11.2 Å². The number of thiophene rings is 1. The van der Waals surface area contributed by atoms with Crippen LogP contribution in [0.5, 0.6) is 0 Å². The smallest absolute Gasteiger partial charge is 0.212 e. The van der Waals surface area contributed by atoms with Gasteiger partial charge in [0.2, 0.25) is 7.28 Å². The van der Waals surface area contributed by atoms with Crippen molar-refractivity contribution in [2.45, 2.75) is 175 Å². The maximum Gasteiger partial charge on any atom is 0.212 e. The fraction of sp³-hybridized carbons (Fsp3) is 0.325. The maximum absolute atomic E-state index is 7.36. The molecule has 0 bridgehead atoms. The second-order valence-electron chi connectivity index (χ2n) is 32.1. The fourth-order valence-corrected chi connectivity index (χ4v) is 15.8.